The Kier molecular flexibility index (Phi) is 10.0. The van der Waals surface area contributed by atoms with Crippen LogP contribution in [0.1, 0.15) is 27.7 Å². The molecule has 0 bridgehead atoms. The highest BCUT2D eigenvalue weighted by atomic mass is 19.4. The van der Waals surface area contributed by atoms with E-state index < -0.39 is 47.7 Å². The number of hydrogen-bond acceptors (Lipinski definition) is 5. The van der Waals surface area contributed by atoms with E-state index in [-0.39, 0.29) is 60.4 Å². The summed E-state index contributed by atoms with van der Waals surface area (Å²) in [6.45, 7) is -1.20. The number of nitrogens with one attached hydrogen (secondary N) is 1. The minimum atomic E-state index is -6.64. The van der Waals surface area contributed by atoms with Gasteiger partial charge in [0, 0.05) is 39.3 Å². The van der Waals surface area contributed by atoms with Gasteiger partial charge in [0.1, 0.15) is 5.60 Å². The summed E-state index contributed by atoms with van der Waals surface area (Å²) in [7, 11) is 0. The summed E-state index contributed by atoms with van der Waals surface area (Å²) in [5.41, 5.74) is -3.75. The molecule has 200 valence electrons. The Hall–Kier alpha value is -0.970. The molecule has 0 aromatic heterocycles. The molecule has 0 aliphatic heterocycles. The van der Waals surface area contributed by atoms with Crippen molar-refractivity contribution in [2.45, 2.75) is 68.9 Å². The fourth-order valence-corrected chi connectivity index (χ4v) is 3.05. The molecule has 5 nitrogen and oxygen atoms in total. The van der Waals surface area contributed by atoms with Crippen molar-refractivity contribution in [3.8, 4) is 0 Å². The van der Waals surface area contributed by atoms with Crippen LogP contribution in [-0.4, -0.2) is 85.4 Å². The Morgan fingerprint density at radius 3 is 1.42 bits per heavy atom. The van der Waals surface area contributed by atoms with Gasteiger partial charge >= 0.3 is 24.1 Å². The van der Waals surface area contributed by atoms with Gasteiger partial charge in [-0.3, -0.25) is 10.2 Å². The summed E-state index contributed by atoms with van der Waals surface area (Å²) in [4.78, 5) is 1.40. The Morgan fingerprint density at radius 1 is 0.697 bits per heavy atom. The Labute approximate surface area is 184 Å². The van der Waals surface area contributed by atoms with Gasteiger partial charge in [0.25, 0.3) is 5.79 Å². The average Bonchev–Trinajstić information content (AvgIpc) is 2.57. The molecule has 2 atom stereocenters. The van der Waals surface area contributed by atoms with E-state index in [1.165, 1.54) is 10.2 Å². The van der Waals surface area contributed by atoms with Gasteiger partial charge in [-0.05, 0) is 27.7 Å². The van der Waals surface area contributed by atoms with Crippen LogP contribution in [0.4, 0.5) is 48.3 Å². The first-order chi connectivity index (χ1) is 14.4. The highest BCUT2D eigenvalue weighted by molar-refractivity contribution is 5.09. The van der Waals surface area contributed by atoms with Crippen molar-refractivity contribution in [1.29, 1.82) is 0 Å². The maximum atomic E-state index is 15.2. The van der Waals surface area contributed by atoms with Gasteiger partial charge in [0.05, 0.1) is 0 Å². The molecule has 0 rings (SSSR count). The van der Waals surface area contributed by atoms with Crippen LogP contribution in [0, 0.1) is 0 Å². The second-order valence-electron chi connectivity index (χ2n) is 8.26. The first kappa shape index (κ1) is 32.0. The molecule has 0 saturated heterocycles. The minimum Gasteiger partial charge on any atom is -0.329 e. The van der Waals surface area contributed by atoms with Crippen molar-refractivity contribution in [3.63, 3.8) is 0 Å². The van der Waals surface area contributed by atoms with Crippen molar-refractivity contribution in [2.24, 2.45) is 11.5 Å². The van der Waals surface area contributed by atoms with E-state index in [1.54, 1.807) is 0 Å². The Balaban J connectivity index is 6.12. The standard InChI is InChI=1S/C17H29F11N4O/c1-11(2,18)13(19,15(21,22)23)17(27,28)33-12(3,4)14(20,16(24,25)26)31-7-10-32(8-5-29)9-6-30/h31H,5-10,29-30H2,1-4H3. The van der Waals surface area contributed by atoms with E-state index in [4.69, 9.17) is 11.5 Å². The largest absolute Gasteiger partial charge is 0.439 e. The maximum Gasteiger partial charge on any atom is 0.439 e. The van der Waals surface area contributed by atoms with Gasteiger partial charge < -0.3 is 16.2 Å². The Morgan fingerprint density at radius 2 is 1.12 bits per heavy atom. The lowest BCUT2D eigenvalue weighted by molar-refractivity contribution is -0.444. The molecule has 0 spiro atoms. The molecule has 0 saturated carbocycles. The minimum absolute atomic E-state index is 0.0287. The zero-order chi connectivity index (χ0) is 26.7. The number of ether oxygens (including phenoxy) is 1. The second kappa shape index (κ2) is 10.3. The van der Waals surface area contributed by atoms with Gasteiger partial charge in [-0.25, -0.2) is 13.2 Å². The summed E-state index contributed by atoms with van der Waals surface area (Å²) in [6.07, 6.45) is -18.9. The summed E-state index contributed by atoms with van der Waals surface area (Å²) in [5.74, 6) is -4.91. The quantitative estimate of drug-likeness (QED) is 0.260. The summed E-state index contributed by atoms with van der Waals surface area (Å²) < 4.78 is 156. The molecule has 2 unspecified atom stereocenters. The molecule has 16 heteroatoms. The number of rotatable bonds is 13. The first-order valence-corrected chi connectivity index (χ1v) is 9.61. The lowest BCUT2D eigenvalue weighted by Crippen LogP contribution is -2.73. The number of nitrogens with zero attached hydrogens (tertiary/aromatic N) is 1. The fraction of sp³-hybridized carbons (Fsp3) is 1.00. The molecule has 33 heavy (non-hydrogen) atoms. The smallest absolute Gasteiger partial charge is 0.329 e. The summed E-state index contributed by atoms with van der Waals surface area (Å²) in [5, 5.41) is 1.30. The van der Waals surface area contributed by atoms with Gasteiger partial charge in [-0.2, -0.15) is 35.1 Å². The lowest BCUT2D eigenvalue weighted by atomic mass is 9.86. The normalized spacial score (nSPS) is 18.4. The van der Waals surface area contributed by atoms with Crippen molar-refractivity contribution in [1.82, 2.24) is 10.2 Å². The molecular formula is C17H29F11N4O. The van der Waals surface area contributed by atoms with Crippen LogP contribution in [0.2, 0.25) is 0 Å². The zero-order valence-corrected chi connectivity index (χ0v) is 18.4. The second-order valence-corrected chi connectivity index (χ2v) is 8.26. The topological polar surface area (TPSA) is 76.5 Å². The number of hydrogen-bond donors (Lipinski definition) is 3. The number of nitrogens with two attached hydrogens (primary N) is 2. The monoisotopic (exact) mass is 514 g/mol. The molecule has 0 aliphatic carbocycles. The van der Waals surface area contributed by atoms with E-state index >= 15 is 4.39 Å². The summed E-state index contributed by atoms with van der Waals surface area (Å²) in [6, 6.07) is 0. The predicted molar refractivity (Wildman–Crippen MR) is 97.6 cm³/mol. The van der Waals surface area contributed by atoms with Gasteiger partial charge in [0.15, 0.2) is 5.67 Å². The van der Waals surface area contributed by atoms with Gasteiger partial charge in [0.2, 0.25) is 0 Å². The number of halogens is 11. The third-order valence-electron chi connectivity index (χ3n) is 4.90. The van der Waals surface area contributed by atoms with E-state index in [0.717, 1.165) is 0 Å². The van der Waals surface area contributed by atoms with Crippen LogP contribution >= 0.6 is 0 Å². The first-order valence-electron chi connectivity index (χ1n) is 9.61. The molecule has 0 heterocycles. The van der Waals surface area contributed by atoms with Crippen molar-refractivity contribution in [3.05, 3.63) is 0 Å². The van der Waals surface area contributed by atoms with Gasteiger partial charge in [-0.1, -0.05) is 0 Å². The van der Waals surface area contributed by atoms with Crippen molar-refractivity contribution >= 4 is 0 Å². The van der Waals surface area contributed by atoms with Crippen LogP contribution in [0.15, 0.2) is 0 Å². The van der Waals surface area contributed by atoms with Crippen LogP contribution in [0.25, 0.3) is 0 Å². The van der Waals surface area contributed by atoms with E-state index in [1.807, 2.05) is 0 Å². The average molecular weight is 514 g/mol. The number of alkyl halides is 11. The molecular weight excluding hydrogens is 485 g/mol. The van der Waals surface area contributed by atoms with Crippen LogP contribution < -0.4 is 16.8 Å². The van der Waals surface area contributed by atoms with Crippen molar-refractivity contribution < 1.29 is 53.0 Å². The third kappa shape index (κ3) is 6.58. The SMILES string of the molecule is CC(C)(F)C(F)(C(F)(F)F)C(F)(F)OC(C)(C)C(F)(NCCN(CCN)CCN)C(F)(F)F. The molecule has 5 N–H and O–H groups in total. The fourth-order valence-electron chi connectivity index (χ4n) is 3.05. The lowest BCUT2D eigenvalue weighted by Gasteiger charge is -2.47. The van der Waals surface area contributed by atoms with E-state index in [2.05, 4.69) is 4.74 Å². The summed E-state index contributed by atoms with van der Waals surface area (Å²) >= 11 is 0. The van der Waals surface area contributed by atoms with E-state index in [9.17, 15) is 43.9 Å². The molecule has 0 fully saturated rings. The predicted octanol–water partition coefficient (Wildman–Crippen LogP) is 3.43. The Bertz CT molecular complexity index is 600. The molecule has 0 aromatic carbocycles. The maximum absolute atomic E-state index is 15.2. The highest BCUT2D eigenvalue weighted by Crippen LogP contribution is 2.56. The van der Waals surface area contributed by atoms with Crippen LogP contribution in [0.3, 0.4) is 0 Å². The van der Waals surface area contributed by atoms with Crippen LogP contribution in [-0.2, 0) is 4.74 Å². The zero-order valence-electron chi connectivity index (χ0n) is 18.4. The van der Waals surface area contributed by atoms with Crippen LogP contribution in [0.5, 0.6) is 0 Å². The van der Waals surface area contributed by atoms with Crippen molar-refractivity contribution in [2.75, 3.05) is 39.3 Å². The van der Waals surface area contributed by atoms with Gasteiger partial charge in [-0.15, -0.1) is 0 Å². The molecule has 0 radical (unpaired) electrons. The molecule has 0 amide bonds. The molecule has 0 aromatic rings. The highest BCUT2D eigenvalue weighted by Gasteiger charge is 2.82. The third-order valence-corrected chi connectivity index (χ3v) is 4.90. The van der Waals surface area contributed by atoms with E-state index in [0.29, 0.717) is 0 Å². The molecule has 0 aliphatic rings.